The normalized spacial score (nSPS) is 18.1. The van der Waals surface area contributed by atoms with Crippen LogP contribution < -0.4 is 19.7 Å². The SMILES string of the molecule is CCCC([O-])=NS(=O)(=O)C(F)(F)C(F)(F)C(F)(F)S(=O)(=O)[N-]S(C)(=O)=O.COCCOc1ccc([S+]2CCCC2)c2ccccc12.COCCOc1ccc([S+]2CCCC2)c2ccccc12.CS(=O)(=O)[N-]S(=O)(=O)C(F)(F)C([O-])=NC(=O)C12CC3CC(CC(C3)C1)C2.c1ccc([S+](c2ccccc2)c2ccccc2)cc1.c1ccc([S+](c2ccccc2)c2ccccc2)cc1. The van der Waals surface area contributed by atoms with Crippen molar-refractivity contribution in [1.29, 1.82) is 0 Å². The molecule has 2 saturated heterocycles. The highest BCUT2D eigenvalue weighted by Gasteiger charge is 2.80. The summed E-state index contributed by atoms with van der Waals surface area (Å²) in [7, 11) is -25.9. The van der Waals surface area contributed by atoms with Crippen molar-refractivity contribution in [3.05, 3.63) is 263 Å². The Morgan fingerprint density at radius 3 is 1.03 bits per heavy atom. The number of benzene rings is 10. The van der Waals surface area contributed by atoms with Crippen molar-refractivity contribution in [3.63, 3.8) is 0 Å². The minimum atomic E-state index is -7.23. The standard InChI is InChI=1S/2C18H15S.2C17H21O2S.C14H19F2N2O6S2.C8H11F6N2O7S3/c2*1-4-10-16(11-5-1)19(17-12-6-2-7-13-17)18-14-8-3-9-15-18;2*1-18-10-11-19-16-8-9-17(20-12-4-5-13-20)15-7-3-2-6-14(15)16;1-25(21,22)18-26(23,24)14(15,16)12(20)17-11(19)13-5-8-2-9(6-13)4-10(3-8)7-13;1-3-4-5(17)15-25(20,21)7(11,12)6(9,10)8(13,14)26(22,23)16-24(2,18)19/h2*1-15H;2*2-3,6-9H,4-5,10-13H2,1H3;8-10H,2-7H2,1H3,(H,17,19,20);3-4H2,1-2H3,(H,15,17)/q4*+1;2*-1/p-2. The van der Waals surface area contributed by atoms with Crippen LogP contribution in [0.15, 0.2) is 303 Å². The molecule has 4 saturated carbocycles. The number of sulfonamides is 5. The number of carbonyl (C=O) groups is 1. The smallest absolute Gasteiger partial charge is 0.434 e. The van der Waals surface area contributed by atoms with E-state index in [1.807, 2.05) is 4.13 Å². The minimum Gasteiger partial charge on any atom is -0.861 e. The van der Waals surface area contributed by atoms with Gasteiger partial charge in [0, 0.05) is 70.1 Å². The number of nitrogens with zero attached hydrogens (tertiary/aromatic N) is 4. The van der Waals surface area contributed by atoms with E-state index in [2.05, 4.69) is 260 Å². The van der Waals surface area contributed by atoms with Gasteiger partial charge in [-0.2, -0.15) is 47.9 Å². The van der Waals surface area contributed by atoms with Crippen molar-refractivity contribution in [2.24, 2.45) is 32.6 Å². The van der Waals surface area contributed by atoms with E-state index in [1.54, 1.807) is 18.6 Å². The highest BCUT2D eigenvalue weighted by molar-refractivity contribution is 8.13. The average molecular weight is 1970 g/mol. The molecule has 700 valence electrons. The highest BCUT2D eigenvalue weighted by Crippen LogP contribution is 2.61. The molecule has 1 amide bonds. The third-order valence-electron chi connectivity index (χ3n) is 21.1. The lowest BCUT2D eigenvalue weighted by molar-refractivity contribution is -0.243. The fraction of sp³-hybridized carbons (Fsp3) is 0.359. The molecule has 2 heterocycles. The molecule has 6 aliphatic rings. The third-order valence-corrected chi connectivity index (χ3v) is 37.5. The summed E-state index contributed by atoms with van der Waals surface area (Å²) in [5.41, 5.74) is -0.988. The summed E-state index contributed by atoms with van der Waals surface area (Å²) < 4.78 is 246. The molecule has 0 N–H and O–H groups in total. The number of amides is 1. The van der Waals surface area contributed by atoms with E-state index in [1.165, 1.54) is 120 Å². The molecule has 16 rings (SSSR count). The minimum absolute atomic E-state index is 0.0146. The van der Waals surface area contributed by atoms with Gasteiger partial charge in [0.2, 0.25) is 0 Å². The van der Waals surface area contributed by atoms with Crippen molar-refractivity contribution in [2.45, 2.75) is 145 Å². The van der Waals surface area contributed by atoms with Gasteiger partial charge in [0.25, 0.3) is 5.91 Å². The van der Waals surface area contributed by atoms with E-state index in [0.717, 1.165) is 30.8 Å². The molecule has 0 atom stereocenters. The number of rotatable bonds is 30. The number of hydrogen-bond donors (Lipinski definition) is 0. The number of fused-ring (bicyclic) bond motifs is 2. The largest absolute Gasteiger partial charge is 0.861 e. The first-order chi connectivity index (χ1) is 61.6. The molecule has 0 spiro atoms. The molecule has 10 aromatic carbocycles. The Morgan fingerprint density at radius 2 is 0.731 bits per heavy atom. The molecule has 0 aromatic heterocycles. The van der Waals surface area contributed by atoms with Crippen molar-refractivity contribution in [2.75, 3.05) is 76.2 Å². The van der Waals surface area contributed by atoms with Gasteiger partial charge in [-0.1, -0.05) is 159 Å². The Balaban J connectivity index is 0.000000163. The lowest BCUT2D eigenvalue weighted by Crippen LogP contribution is -2.60. The van der Waals surface area contributed by atoms with Crippen LogP contribution in [0.25, 0.3) is 29.8 Å². The Bertz CT molecular complexity index is 5630. The molecule has 4 bridgehead atoms. The lowest BCUT2D eigenvalue weighted by atomic mass is 9.49. The maximum absolute atomic E-state index is 13.9. The van der Waals surface area contributed by atoms with Gasteiger partial charge in [0.05, 0.1) is 66.4 Å². The van der Waals surface area contributed by atoms with Gasteiger partial charge in [-0.15, -0.1) is 0 Å². The van der Waals surface area contributed by atoms with Crippen molar-refractivity contribution in [1.82, 2.24) is 0 Å². The average Bonchev–Trinajstić information content (AvgIpc) is 0.762. The molecule has 2 aliphatic heterocycles. The number of hydrogen-bond acceptors (Lipinski definition) is 17. The first-order valence-corrected chi connectivity index (χ1v) is 54.8. The Morgan fingerprint density at radius 1 is 0.431 bits per heavy atom. The first-order valence-electron chi connectivity index (χ1n) is 41.2. The van der Waals surface area contributed by atoms with Gasteiger partial charge in [-0.3, -0.25) is 4.79 Å². The van der Waals surface area contributed by atoms with Crippen LogP contribution in [0.4, 0.5) is 35.1 Å². The Kier molecular flexibility index (Phi) is 36.5. The molecular formula is C92H100F8N4O17S9. The zero-order valence-electron chi connectivity index (χ0n) is 71.5. The van der Waals surface area contributed by atoms with E-state index < -0.39 is 101 Å². The van der Waals surface area contributed by atoms with Crippen LogP contribution >= 0.6 is 0 Å². The summed E-state index contributed by atoms with van der Waals surface area (Å²) in [6.45, 7) is 3.69. The fourth-order valence-corrected chi connectivity index (χ4v) is 30.3. The summed E-state index contributed by atoms with van der Waals surface area (Å²) in [6.07, 6.45) is 8.97. The molecular weight excluding hydrogens is 1870 g/mol. The van der Waals surface area contributed by atoms with Gasteiger partial charge in [0.15, 0.2) is 59.2 Å². The predicted octanol–water partition coefficient (Wildman–Crippen LogP) is 17.9. The summed E-state index contributed by atoms with van der Waals surface area (Å²) in [5.74, 6) is -4.39. The van der Waals surface area contributed by atoms with E-state index in [-0.39, 0.29) is 34.5 Å². The zero-order chi connectivity index (χ0) is 94.4. The molecule has 4 aliphatic carbocycles. The van der Waals surface area contributed by atoms with Crippen molar-refractivity contribution >= 4 is 133 Å². The molecule has 21 nitrogen and oxygen atoms in total. The summed E-state index contributed by atoms with van der Waals surface area (Å²) in [5, 5.41) is 8.78. The van der Waals surface area contributed by atoms with E-state index in [0.29, 0.717) is 91.5 Å². The number of carbonyl (C=O) groups excluding carboxylic acids is 1. The van der Waals surface area contributed by atoms with Crippen molar-refractivity contribution < 1.29 is 111 Å². The van der Waals surface area contributed by atoms with Crippen LogP contribution in [0.5, 0.6) is 11.5 Å². The highest BCUT2D eigenvalue weighted by atomic mass is 32.3. The van der Waals surface area contributed by atoms with Gasteiger partial charge in [0.1, 0.15) is 47.7 Å². The van der Waals surface area contributed by atoms with Gasteiger partial charge >= 0.3 is 31.7 Å². The maximum Gasteiger partial charge on any atom is 0.434 e. The van der Waals surface area contributed by atoms with Crippen LogP contribution in [-0.4, -0.2) is 158 Å². The third kappa shape index (κ3) is 26.5. The van der Waals surface area contributed by atoms with E-state index in [4.69, 9.17) is 18.9 Å². The Hall–Kier alpha value is -8.64. The topological polar surface area (TPSA) is 324 Å². The number of alkyl halides is 8. The second-order valence-corrected chi connectivity index (χ2v) is 48.2. The maximum atomic E-state index is 13.9. The fourth-order valence-electron chi connectivity index (χ4n) is 15.8. The van der Waals surface area contributed by atoms with Crippen LogP contribution in [0.1, 0.15) is 84.0 Å². The molecule has 0 unspecified atom stereocenters. The van der Waals surface area contributed by atoms with Crippen LogP contribution in [0.2, 0.25) is 0 Å². The number of halogens is 8. The monoisotopic (exact) mass is 1970 g/mol. The van der Waals surface area contributed by atoms with E-state index in [9.17, 15) is 92.2 Å². The molecule has 130 heavy (non-hydrogen) atoms. The number of ether oxygens (including phenoxy) is 4. The van der Waals surface area contributed by atoms with Gasteiger partial charge < -0.3 is 37.4 Å². The summed E-state index contributed by atoms with van der Waals surface area (Å²) in [4.78, 5) is 26.6. The molecule has 38 heteroatoms. The van der Waals surface area contributed by atoms with Crippen LogP contribution in [0.3, 0.4) is 0 Å². The number of methoxy groups -OCH3 is 2. The quantitative estimate of drug-likeness (QED) is 0.0133. The predicted molar refractivity (Wildman–Crippen MR) is 493 cm³/mol. The van der Waals surface area contributed by atoms with Crippen LogP contribution in [0, 0.1) is 23.2 Å². The van der Waals surface area contributed by atoms with Crippen molar-refractivity contribution in [3.8, 4) is 11.5 Å². The number of aliphatic imine (C=N–C) groups is 1. The van der Waals surface area contributed by atoms with Gasteiger partial charge in [-0.25, -0.2) is 38.7 Å². The molecule has 6 fully saturated rings. The second-order valence-electron chi connectivity index (χ2n) is 30.9. The molecule has 0 radical (unpaired) electrons. The zero-order valence-corrected chi connectivity index (χ0v) is 78.9. The van der Waals surface area contributed by atoms with Crippen LogP contribution in [-0.2, 0) is 108 Å². The van der Waals surface area contributed by atoms with E-state index >= 15 is 0 Å². The first kappa shape index (κ1) is 103. The van der Waals surface area contributed by atoms with Gasteiger partial charge in [-0.05, 0) is 203 Å². The lowest BCUT2D eigenvalue weighted by Gasteiger charge is -2.55. The second kappa shape index (κ2) is 45.9. The molecule has 10 aromatic rings. The Labute approximate surface area is 766 Å². The summed E-state index contributed by atoms with van der Waals surface area (Å²) >= 11 is 0. The summed E-state index contributed by atoms with van der Waals surface area (Å²) in [6, 6.07) is 90.4.